The summed E-state index contributed by atoms with van der Waals surface area (Å²) in [6, 6.07) is 3.92. The number of unbranched alkanes of at least 4 members (excludes halogenated alkanes) is 1. The summed E-state index contributed by atoms with van der Waals surface area (Å²) in [6.45, 7) is 12.1. The fraction of sp³-hybridized carbons (Fsp3) is 0.750. The van der Waals surface area contributed by atoms with Gasteiger partial charge in [0.15, 0.2) is 5.96 Å². The van der Waals surface area contributed by atoms with E-state index < -0.39 is 5.60 Å². The first-order chi connectivity index (χ1) is 12.5. The summed E-state index contributed by atoms with van der Waals surface area (Å²) in [5, 5.41) is 19.3. The number of rotatable bonds is 9. The molecule has 1 aromatic heterocycles. The largest absolute Gasteiger partial charge is 0.383 e. The summed E-state index contributed by atoms with van der Waals surface area (Å²) in [6.07, 6.45) is 5.05. The van der Waals surface area contributed by atoms with Crippen LogP contribution in [0.2, 0.25) is 0 Å². The zero-order valence-electron chi connectivity index (χ0n) is 16.6. The van der Waals surface area contributed by atoms with Gasteiger partial charge < -0.3 is 20.6 Å². The SMILES string of the molecule is CCNC(=NCC(C)(O)c1cccs1)NCCCCN1CCC(C)CC1. The second kappa shape index (κ2) is 10.9. The Bertz CT molecular complexity index is 522. The molecular weight excluding hydrogens is 344 g/mol. The number of aliphatic imine (C=N–C) groups is 1. The first kappa shape index (κ1) is 21.2. The number of thiophene rings is 1. The predicted octanol–water partition coefficient (Wildman–Crippen LogP) is 3.02. The molecule has 2 heterocycles. The molecule has 1 aliphatic rings. The van der Waals surface area contributed by atoms with Crippen molar-refractivity contribution in [2.75, 3.05) is 39.3 Å². The molecule has 1 unspecified atom stereocenters. The van der Waals surface area contributed by atoms with Crippen molar-refractivity contribution in [2.24, 2.45) is 10.9 Å². The fourth-order valence-electron chi connectivity index (χ4n) is 3.19. The minimum Gasteiger partial charge on any atom is -0.383 e. The van der Waals surface area contributed by atoms with E-state index in [4.69, 9.17) is 0 Å². The molecule has 1 atom stereocenters. The molecule has 2 rings (SSSR count). The molecule has 0 radical (unpaired) electrons. The molecule has 0 spiro atoms. The Labute approximate surface area is 162 Å². The molecule has 0 amide bonds. The summed E-state index contributed by atoms with van der Waals surface area (Å²) < 4.78 is 0. The normalized spacial score (nSPS) is 19.3. The smallest absolute Gasteiger partial charge is 0.191 e. The van der Waals surface area contributed by atoms with Gasteiger partial charge in [-0.3, -0.25) is 0 Å². The van der Waals surface area contributed by atoms with Crippen LogP contribution in [-0.2, 0) is 5.60 Å². The Morgan fingerprint density at radius 3 is 2.77 bits per heavy atom. The molecular formula is C20H36N4OS. The van der Waals surface area contributed by atoms with E-state index in [0.717, 1.165) is 36.3 Å². The first-order valence-electron chi connectivity index (χ1n) is 10.0. The van der Waals surface area contributed by atoms with Crippen LogP contribution >= 0.6 is 11.3 Å². The standard InChI is InChI=1S/C20H36N4OS/c1-4-21-19(23-16-20(3,25)18-8-7-15-26-18)22-11-5-6-12-24-13-9-17(2)10-14-24/h7-8,15,17,25H,4-6,9-14,16H2,1-3H3,(H2,21,22,23). The average molecular weight is 381 g/mol. The lowest BCUT2D eigenvalue weighted by molar-refractivity contribution is 0.0711. The number of hydrogen-bond donors (Lipinski definition) is 3. The molecule has 1 fully saturated rings. The summed E-state index contributed by atoms with van der Waals surface area (Å²) in [5.41, 5.74) is -0.915. The number of hydrogen-bond acceptors (Lipinski definition) is 4. The molecule has 0 aromatic carbocycles. The minimum absolute atomic E-state index is 0.356. The van der Waals surface area contributed by atoms with Crippen molar-refractivity contribution in [3.63, 3.8) is 0 Å². The number of aliphatic hydroxyl groups is 1. The predicted molar refractivity (Wildman–Crippen MR) is 112 cm³/mol. The van der Waals surface area contributed by atoms with Crippen LogP contribution in [0.1, 0.15) is 51.3 Å². The second-order valence-corrected chi connectivity index (χ2v) is 8.55. The van der Waals surface area contributed by atoms with Gasteiger partial charge in [-0.25, -0.2) is 4.99 Å². The molecule has 1 aliphatic heterocycles. The Balaban J connectivity index is 1.68. The van der Waals surface area contributed by atoms with E-state index >= 15 is 0 Å². The first-order valence-corrected chi connectivity index (χ1v) is 10.9. The molecule has 148 valence electrons. The summed E-state index contributed by atoms with van der Waals surface area (Å²) in [4.78, 5) is 8.12. The zero-order valence-corrected chi connectivity index (χ0v) is 17.4. The fourth-order valence-corrected chi connectivity index (χ4v) is 3.97. The molecule has 1 saturated heterocycles. The minimum atomic E-state index is -0.915. The van der Waals surface area contributed by atoms with Gasteiger partial charge >= 0.3 is 0 Å². The van der Waals surface area contributed by atoms with Crippen LogP contribution in [0, 0.1) is 5.92 Å². The van der Waals surface area contributed by atoms with E-state index in [-0.39, 0.29) is 0 Å². The maximum Gasteiger partial charge on any atom is 0.191 e. The lowest BCUT2D eigenvalue weighted by Crippen LogP contribution is -2.39. The number of likely N-dealkylation sites (tertiary alicyclic amines) is 1. The van der Waals surface area contributed by atoms with Crippen molar-refractivity contribution < 1.29 is 5.11 Å². The molecule has 3 N–H and O–H groups in total. The van der Waals surface area contributed by atoms with E-state index in [0.29, 0.717) is 6.54 Å². The van der Waals surface area contributed by atoms with E-state index in [1.807, 2.05) is 24.4 Å². The number of piperidine rings is 1. The van der Waals surface area contributed by atoms with Gasteiger partial charge in [-0.05, 0) is 76.5 Å². The van der Waals surface area contributed by atoms with E-state index in [9.17, 15) is 5.11 Å². The van der Waals surface area contributed by atoms with Crippen molar-refractivity contribution in [3.8, 4) is 0 Å². The van der Waals surface area contributed by atoms with Crippen LogP contribution < -0.4 is 10.6 Å². The Morgan fingerprint density at radius 1 is 1.35 bits per heavy atom. The van der Waals surface area contributed by atoms with Crippen LogP contribution in [0.25, 0.3) is 0 Å². The van der Waals surface area contributed by atoms with Gasteiger partial charge in [0, 0.05) is 18.0 Å². The molecule has 0 bridgehead atoms. The highest BCUT2D eigenvalue weighted by Crippen LogP contribution is 2.25. The van der Waals surface area contributed by atoms with Gasteiger partial charge in [-0.15, -0.1) is 11.3 Å². The maximum absolute atomic E-state index is 10.6. The summed E-state index contributed by atoms with van der Waals surface area (Å²) >= 11 is 1.57. The van der Waals surface area contributed by atoms with Crippen molar-refractivity contribution in [1.29, 1.82) is 0 Å². The summed E-state index contributed by atoms with van der Waals surface area (Å²) in [7, 11) is 0. The Hall–Kier alpha value is -1.11. The van der Waals surface area contributed by atoms with Crippen molar-refractivity contribution in [3.05, 3.63) is 22.4 Å². The Kier molecular flexibility index (Phi) is 8.88. The van der Waals surface area contributed by atoms with Crippen LogP contribution in [-0.4, -0.2) is 55.2 Å². The summed E-state index contributed by atoms with van der Waals surface area (Å²) in [5.74, 6) is 1.69. The quantitative estimate of drug-likeness (QED) is 0.350. The maximum atomic E-state index is 10.6. The molecule has 0 saturated carbocycles. The van der Waals surface area contributed by atoms with Crippen LogP contribution in [0.15, 0.2) is 22.5 Å². The van der Waals surface area contributed by atoms with Crippen LogP contribution in [0.4, 0.5) is 0 Å². The highest BCUT2D eigenvalue weighted by Gasteiger charge is 2.24. The Morgan fingerprint density at radius 2 is 2.12 bits per heavy atom. The molecule has 26 heavy (non-hydrogen) atoms. The van der Waals surface area contributed by atoms with Crippen molar-refractivity contribution in [2.45, 2.75) is 52.1 Å². The lowest BCUT2D eigenvalue weighted by Gasteiger charge is -2.30. The number of nitrogens with zero attached hydrogens (tertiary/aromatic N) is 2. The highest BCUT2D eigenvalue weighted by atomic mass is 32.1. The molecule has 6 heteroatoms. The van der Waals surface area contributed by atoms with Gasteiger partial charge in [0.2, 0.25) is 0 Å². The van der Waals surface area contributed by atoms with Gasteiger partial charge in [-0.1, -0.05) is 13.0 Å². The highest BCUT2D eigenvalue weighted by molar-refractivity contribution is 7.10. The third kappa shape index (κ3) is 7.25. The van der Waals surface area contributed by atoms with E-state index in [1.165, 1.54) is 38.9 Å². The van der Waals surface area contributed by atoms with Gasteiger partial charge in [0.25, 0.3) is 0 Å². The zero-order chi connectivity index (χ0) is 18.8. The monoisotopic (exact) mass is 380 g/mol. The molecule has 1 aromatic rings. The van der Waals surface area contributed by atoms with Crippen LogP contribution in [0.5, 0.6) is 0 Å². The van der Waals surface area contributed by atoms with Gasteiger partial charge in [0.05, 0.1) is 6.54 Å². The number of guanidine groups is 1. The van der Waals surface area contributed by atoms with Gasteiger partial charge in [-0.2, -0.15) is 0 Å². The van der Waals surface area contributed by atoms with Crippen molar-refractivity contribution in [1.82, 2.24) is 15.5 Å². The third-order valence-electron chi connectivity index (χ3n) is 5.01. The molecule has 5 nitrogen and oxygen atoms in total. The van der Waals surface area contributed by atoms with E-state index in [2.05, 4.69) is 34.4 Å². The van der Waals surface area contributed by atoms with Crippen molar-refractivity contribution >= 4 is 17.3 Å². The topological polar surface area (TPSA) is 59.9 Å². The van der Waals surface area contributed by atoms with E-state index in [1.54, 1.807) is 11.3 Å². The lowest BCUT2D eigenvalue weighted by atomic mass is 9.99. The van der Waals surface area contributed by atoms with Crippen LogP contribution in [0.3, 0.4) is 0 Å². The van der Waals surface area contributed by atoms with Gasteiger partial charge in [0.1, 0.15) is 5.60 Å². The average Bonchev–Trinajstić information content (AvgIpc) is 3.16. The third-order valence-corrected chi connectivity index (χ3v) is 6.13. The number of nitrogens with one attached hydrogen (secondary N) is 2. The molecule has 0 aliphatic carbocycles. The second-order valence-electron chi connectivity index (χ2n) is 7.60.